The molecule has 0 aromatic carbocycles. The third-order valence-corrected chi connectivity index (χ3v) is 0.927. The van der Waals surface area contributed by atoms with Gasteiger partial charge in [0, 0.05) is 12.6 Å². The Morgan fingerprint density at radius 1 is 1.83 bits per heavy atom. The van der Waals surface area contributed by atoms with Crippen molar-refractivity contribution in [3.63, 3.8) is 0 Å². The summed E-state index contributed by atoms with van der Waals surface area (Å²) in [6.45, 7) is 0. The lowest BCUT2D eigenvalue weighted by Gasteiger charge is -1.75. The molecule has 0 aromatic rings. The Morgan fingerprint density at radius 3 is 2.83 bits per heavy atom. The average Bonchev–Trinajstić information content (AvgIpc) is 1.86. The molecule has 0 amide bonds. The molecule has 0 aliphatic carbocycles. The van der Waals surface area contributed by atoms with Crippen molar-refractivity contribution in [3.8, 4) is 0 Å². The van der Waals surface area contributed by atoms with Gasteiger partial charge in [-0.25, -0.2) is 0 Å². The summed E-state index contributed by atoms with van der Waals surface area (Å²) in [7, 11) is 0. The SMILES string of the molecule is SC1=NC=CC1. The molecule has 0 saturated carbocycles. The molecule has 1 nitrogen and oxygen atoms in total. The van der Waals surface area contributed by atoms with Crippen molar-refractivity contribution in [1.82, 2.24) is 0 Å². The van der Waals surface area contributed by atoms with Gasteiger partial charge in [-0.1, -0.05) is 6.08 Å². The highest BCUT2D eigenvalue weighted by atomic mass is 32.1. The maximum absolute atomic E-state index is 3.98. The highest BCUT2D eigenvalue weighted by Crippen LogP contribution is 2.00. The van der Waals surface area contributed by atoms with E-state index in [1.165, 1.54) is 0 Å². The number of thiol groups is 1. The zero-order chi connectivity index (χ0) is 4.41. The molecule has 1 heterocycles. The summed E-state index contributed by atoms with van der Waals surface area (Å²) >= 11 is 3.98. The summed E-state index contributed by atoms with van der Waals surface area (Å²) < 4.78 is 0. The first-order valence-corrected chi connectivity index (χ1v) is 2.25. The van der Waals surface area contributed by atoms with E-state index in [1.54, 1.807) is 6.20 Å². The van der Waals surface area contributed by atoms with Crippen LogP contribution < -0.4 is 0 Å². The summed E-state index contributed by atoms with van der Waals surface area (Å²) in [4.78, 5) is 3.84. The zero-order valence-electron chi connectivity index (χ0n) is 3.26. The van der Waals surface area contributed by atoms with E-state index >= 15 is 0 Å². The van der Waals surface area contributed by atoms with Gasteiger partial charge < -0.3 is 0 Å². The van der Waals surface area contributed by atoms with Gasteiger partial charge in [-0.05, 0) is 0 Å². The van der Waals surface area contributed by atoms with Crippen molar-refractivity contribution in [3.05, 3.63) is 12.3 Å². The molecule has 0 N–H and O–H groups in total. The maximum atomic E-state index is 3.98. The molecule has 32 valence electrons. The summed E-state index contributed by atoms with van der Waals surface area (Å²) in [5.74, 6) is 0. The Bertz CT molecular complexity index is 104. The van der Waals surface area contributed by atoms with Crippen molar-refractivity contribution in [2.45, 2.75) is 6.42 Å². The molecule has 1 aliphatic heterocycles. The smallest absolute Gasteiger partial charge is 0.0739 e. The minimum atomic E-state index is 0.912. The molecule has 0 bridgehead atoms. The second-order valence-electron chi connectivity index (χ2n) is 1.13. The minimum absolute atomic E-state index is 0.912. The standard InChI is InChI=1S/C4H5NS/c6-4-2-1-3-5-4/h1,3H,2H2,(H,5,6). The van der Waals surface area contributed by atoms with Crippen molar-refractivity contribution in [1.29, 1.82) is 0 Å². The van der Waals surface area contributed by atoms with Crippen LogP contribution in [0, 0.1) is 0 Å². The molecule has 2 heteroatoms. The Balaban J connectivity index is 2.61. The summed E-state index contributed by atoms with van der Waals surface area (Å²) in [5, 5.41) is 0.912. The lowest BCUT2D eigenvalue weighted by molar-refractivity contribution is 1.59. The second kappa shape index (κ2) is 1.47. The van der Waals surface area contributed by atoms with Crippen LogP contribution in [0.3, 0.4) is 0 Å². The van der Waals surface area contributed by atoms with Crippen LogP contribution >= 0.6 is 12.6 Å². The second-order valence-corrected chi connectivity index (χ2v) is 1.65. The molecular weight excluding hydrogens is 94.1 g/mol. The van der Waals surface area contributed by atoms with E-state index in [0.29, 0.717) is 0 Å². The van der Waals surface area contributed by atoms with Crippen LogP contribution in [0.15, 0.2) is 17.3 Å². The number of allylic oxidation sites excluding steroid dienone is 1. The van der Waals surface area contributed by atoms with Gasteiger partial charge in [0.1, 0.15) is 0 Å². The third-order valence-electron chi connectivity index (χ3n) is 0.629. The van der Waals surface area contributed by atoms with E-state index in [0.717, 1.165) is 11.5 Å². The molecule has 0 aromatic heterocycles. The molecule has 6 heavy (non-hydrogen) atoms. The van der Waals surface area contributed by atoms with E-state index in [9.17, 15) is 0 Å². The number of aliphatic imine (C=N–C) groups is 1. The van der Waals surface area contributed by atoms with Gasteiger partial charge in [-0.15, -0.1) is 12.6 Å². The topological polar surface area (TPSA) is 12.4 Å². The fraction of sp³-hybridized carbons (Fsp3) is 0.250. The lowest BCUT2D eigenvalue weighted by Crippen LogP contribution is -1.72. The Labute approximate surface area is 42.2 Å². The van der Waals surface area contributed by atoms with Gasteiger partial charge in [0.15, 0.2) is 0 Å². The van der Waals surface area contributed by atoms with Crippen LogP contribution in [0.25, 0.3) is 0 Å². The first-order valence-electron chi connectivity index (χ1n) is 1.80. The molecule has 0 saturated heterocycles. The van der Waals surface area contributed by atoms with E-state index in [2.05, 4.69) is 17.6 Å². The molecule has 0 spiro atoms. The van der Waals surface area contributed by atoms with Crippen molar-refractivity contribution in [2.75, 3.05) is 0 Å². The minimum Gasteiger partial charge on any atom is -0.255 e. The van der Waals surface area contributed by atoms with Crippen LogP contribution in [-0.2, 0) is 0 Å². The zero-order valence-corrected chi connectivity index (χ0v) is 4.15. The number of hydrogen-bond acceptors (Lipinski definition) is 1. The quantitative estimate of drug-likeness (QED) is 0.438. The molecule has 1 aliphatic rings. The highest BCUT2D eigenvalue weighted by Gasteiger charge is 1.89. The molecule has 1 rings (SSSR count). The average molecular weight is 99.2 g/mol. The predicted octanol–water partition coefficient (Wildman–Crippen LogP) is 1.23. The van der Waals surface area contributed by atoms with Gasteiger partial charge >= 0.3 is 0 Å². The first kappa shape index (κ1) is 3.93. The van der Waals surface area contributed by atoms with Crippen molar-refractivity contribution in [2.24, 2.45) is 4.99 Å². The van der Waals surface area contributed by atoms with Gasteiger partial charge in [-0.2, -0.15) is 0 Å². The molecule has 0 atom stereocenters. The largest absolute Gasteiger partial charge is 0.255 e. The lowest BCUT2D eigenvalue weighted by atomic mass is 10.5. The fourth-order valence-corrected chi connectivity index (χ4v) is 0.522. The van der Waals surface area contributed by atoms with E-state index in [1.807, 2.05) is 6.08 Å². The Kier molecular flexibility index (Phi) is 0.965. The number of nitrogens with zero attached hydrogens (tertiary/aromatic N) is 1. The monoisotopic (exact) mass is 99.0 g/mol. The third kappa shape index (κ3) is 0.627. The van der Waals surface area contributed by atoms with Crippen LogP contribution in [0.2, 0.25) is 0 Å². The van der Waals surface area contributed by atoms with E-state index in [4.69, 9.17) is 0 Å². The highest BCUT2D eigenvalue weighted by molar-refractivity contribution is 7.97. The molecular formula is C4H5NS. The first-order chi connectivity index (χ1) is 2.89. The van der Waals surface area contributed by atoms with Crippen molar-refractivity contribution < 1.29 is 0 Å². The van der Waals surface area contributed by atoms with E-state index < -0.39 is 0 Å². The summed E-state index contributed by atoms with van der Waals surface area (Å²) in [5.41, 5.74) is 0. The van der Waals surface area contributed by atoms with Crippen LogP contribution in [0.1, 0.15) is 6.42 Å². The summed E-state index contributed by atoms with van der Waals surface area (Å²) in [6.07, 6.45) is 4.66. The normalized spacial score (nSPS) is 18.5. The van der Waals surface area contributed by atoms with Gasteiger partial charge in [0.25, 0.3) is 0 Å². The predicted molar refractivity (Wildman–Crippen MR) is 30.2 cm³/mol. The number of hydrogen-bond donors (Lipinski definition) is 1. The number of rotatable bonds is 0. The summed E-state index contributed by atoms with van der Waals surface area (Å²) in [6, 6.07) is 0. The van der Waals surface area contributed by atoms with Gasteiger partial charge in [0.2, 0.25) is 0 Å². The van der Waals surface area contributed by atoms with Crippen LogP contribution in [-0.4, -0.2) is 5.04 Å². The van der Waals surface area contributed by atoms with Gasteiger partial charge in [-0.3, -0.25) is 4.99 Å². The van der Waals surface area contributed by atoms with Gasteiger partial charge in [0.05, 0.1) is 5.04 Å². The molecule has 0 radical (unpaired) electrons. The molecule has 0 fully saturated rings. The maximum Gasteiger partial charge on any atom is 0.0739 e. The van der Waals surface area contributed by atoms with E-state index in [-0.39, 0.29) is 0 Å². The van der Waals surface area contributed by atoms with Crippen LogP contribution in [0.5, 0.6) is 0 Å². The Morgan fingerprint density at radius 2 is 2.67 bits per heavy atom. The Hall–Kier alpha value is -0.240. The molecule has 0 unspecified atom stereocenters. The fourth-order valence-electron chi connectivity index (χ4n) is 0.350. The van der Waals surface area contributed by atoms with Crippen LogP contribution in [0.4, 0.5) is 0 Å². The van der Waals surface area contributed by atoms with Crippen molar-refractivity contribution >= 4 is 17.7 Å².